The maximum atomic E-state index is 6.14. The first-order valence-electron chi connectivity index (χ1n) is 6.20. The van der Waals surface area contributed by atoms with Crippen LogP contribution in [-0.2, 0) is 5.41 Å². The van der Waals surface area contributed by atoms with Gasteiger partial charge in [0.2, 0.25) is 0 Å². The average molecular weight is 276 g/mol. The topological polar surface area (TPSA) is 35.2 Å². The Morgan fingerprint density at radius 2 is 1.68 bits per heavy atom. The average Bonchev–Trinajstić information content (AvgIpc) is 2.32. The lowest BCUT2D eigenvalue weighted by molar-refractivity contribution is 0.455. The molecular formula is C16H18ClNO. The number of nitrogen functional groups attached to an aromatic ring is 1. The van der Waals surface area contributed by atoms with Gasteiger partial charge in [0.15, 0.2) is 0 Å². The van der Waals surface area contributed by atoms with Gasteiger partial charge in [-0.15, -0.1) is 0 Å². The SMILES string of the molecule is CC(C)(C)c1ccccc1Oc1ccc(N)cc1Cl. The van der Waals surface area contributed by atoms with Crippen LogP contribution in [0.3, 0.4) is 0 Å². The van der Waals surface area contributed by atoms with Crippen molar-refractivity contribution in [2.24, 2.45) is 0 Å². The van der Waals surface area contributed by atoms with Crippen LogP contribution in [0.15, 0.2) is 42.5 Å². The van der Waals surface area contributed by atoms with Crippen molar-refractivity contribution in [3.05, 3.63) is 53.1 Å². The molecule has 0 radical (unpaired) electrons. The Bertz CT molecular complexity index is 588. The Kier molecular flexibility index (Phi) is 3.72. The maximum absolute atomic E-state index is 6.14. The second-order valence-corrected chi connectivity index (χ2v) is 5.95. The van der Waals surface area contributed by atoms with Gasteiger partial charge in [0.1, 0.15) is 11.5 Å². The molecule has 2 N–H and O–H groups in total. The Morgan fingerprint density at radius 3 is 2.32 bits per heavy atom. The number of halogens is 1. The maximum Gasteiger partial charge on any atom is 0.146 e. The van der Waals surface area contributed by atoms with Gasteiger partial charge < -0.3 is 10.5 Å². The molecule has 2 aromatic carbocycles. The van der Waals surface area contributed by atoms with Gasteiger partial charge in [0, 0.05) is 11.3 Å². The summed E-state index contributed by atoms with van der Waals surface area (Å²) in [5, 5.41) is 0.517. The highest BCUT2D eigenvalue weighted by atomic mass is 35.5. The summed E-state index contributed by atoms with van der Waals surface area (Å²) in [5.41, 5.74) is 7.46. The van der Waals surface area contributed by atoms with E-state index in [2.05, 4.69) is 26.8 Å². The highest BCUT2D eigenvalue weighted by molar-refractivity contribution is 6.32. The van der Waals surface area contributed by atoms with Crippen LogP contribution < -0.4 is 10.5 Å². The molecule has 0 aliphatic rings. The molecule has 0 atom stereocenters. The fraction of sp³-hybridized carbons (Fsp3) is 0.250. The third-order valence-corrected chi connectivity index (χ3v) is 3.17. The number of hydrogen-bond acceptors (Lipinski definition) is 2. The van der Waals surface area contributed by atoms with E-state index in [1.165, 1.54) is 0 Å². The van der Waals surface area contributed by atoms with Crippen LogP contribution in [0.25, 0.3) is 0 Å². The summed E-state index contributed by atoms with van der Waals surface area (Å²) >= 11 is 6.14. The van der Waals surface area contributed by atoms with Gasteiger partial charge in [-0.2, -0.15) is 0 Å². The van der Waals surface area contributed by atoms with E-state index in [0.29, 0.717) is 16.5 Å². The fourth-order valence-corrected chi connectivity index (χ4v) is 2.12. The molecule has 0 aromatic heterocycles. The summed E-state index contributed by atoms with van der Waals surface area (Å²) in [7, 11) is 0. The molecule has 0 aliphatic heterocycles. The van der Waals surface area contributed by atoms with Crippen molar-refractivity contribution in [1.82, 2.24) is 0 Å². The summed E-state index contributed by atoms with van der Waals surface area (Å²) in [6, 6.07) is 13.2. The highest BCUT2D eigenvalue weighted by Gasteiger charge is 2.19. The van der Waals surface area contributed by atoms with Crippen LogP contribution in [0, 0.1) is 0 Å². The van der Waals surface area contributed by atoms with Gasteiger partial charge in [-0.1, -0.05) is 50.6 Å². The largest absolute Gasteiger partial charge is 0.455 e. The number of rotatable bonds is 2. The Morgan fingerprint density at radius 1 is 1.00 bits per heavy atom. The van der Waals surface area contributed by atoms with Crippen molar-refractivity contribution in [3.63, 3.8) is 0 Å². The molecule has 2 aromatic rings. The van der Waals surface area contributed by atoms with Crippen molar-refractivity contribution < 1.29 is 4.74 Å². The molecule has 2 rings (SSSR count). The minimum Gasteiger partial charge on any atom is -0.455 e. The molecule has 0 saturated heterocycles. The molecule has 19 heavy (non-hydrogen) atoms. The molecule has 0 spiro atoms. The zero-order valence-corrected chi connectivity index (χ0v) is 12.2. The molecule has 3 heteroatoms. The van der Waals surface area contributed by atoms with Crippen LogP contribution in [0.2, 0.25) is 5.02 Å². The predicted molar refractivity (Wildman–Crippen MR) is 81.1 cm³/mol. The van der Waals surface area contributed by atoms with Crippen molar-refractivity contribution in [2.45, 2.75) is 26.2 Å². The van der Waals surface area contributed by atoms with Crippen LogP contribution >= 0.6 is 11.6 Å². The lowest BCUT2D eigenvalue weighted by Crippen LogP contribution is -2.12. The third-order valence-electron chi connectivity index (χ3n) is 2.87. The molecule has 0 saturated carbocycles. The molecule has 0 amide bonds. The van der Waals surface area contributed by atoms with Gasteiger partial charge in [-0.05, 0) is 29.7 Å². The zero-order chi connectivity index (χ0) is 14.0. The minimum atomic E-state index is 0.0108. The molecule has 0 bridgehead atoms. The highest BCUT2D eigenvalue weighted by Crippen LogP contribution is 2.36. The van der Waals surface area contributed by atoms with Crippen LogP contribution in [0.4, 0.5) is 5.69 Å². The summed E-state index contributed by atoms with van der Waals surface area (Å²) < 4.78 is 5.93. The van der Waals surface area contributed by atoms with Gasteiger partial charge in [-0.25, -0.2) is 0 Å². The summed E-state index contributed by atoms with van der Waals surface area (Å²) in [5.74, 6) is 1.44. The predicted octanol–water partition coefficient (Wildman–Crippen LogP) is 5.01. The first-order chi connectivity index (χ1) is 8.88. The fourth-order valence-electron chi connectivity index (χ4n) is 1.89. The van der Waals surface area contributed by atoms with E-state index in [1.807, 2.05) is 18.2 Å². The normalized spacial score (nSPS) is 11.4. The number of anilines is 1. The van der Waals surface area contributed by atoms with Crippen molar-refractivity contribution in [2.75, 3.05) is 5.73 Å². The number of benzene rings is 2. The Hall–Kier alpha value is -1.67. The lowest BCUT2D eigenvalue weighted by Gasteiger charge is -2.22. The number of nitrogens with two attached hydrogens (primary N) is 1. The van der Waals surface area contributed by atoms with Gasteiger partial charge in [0.05, 0.1) is 5.02 Å². The standard InChI is InChI=1S/C16H18ClNO/c1-16(2,3)12-6-4-5-7-14(12)19-15-9-8-11(18)10-13(15)17/h4-10H,18H2,1-3H3. The molecule has 2 nitrogen and oxygen atoms in total. The van der Waals surface area contributed by atoms with Gasteiger partial charge in [0.25, 0.3) is 0 Å². The van der Waals surface area contributed by atoms with Crippen LogP contribution in [0.1, 0.15) is 26.3 Å². The van der Waals surface area contributed by atoms with Crippen molar-refractivity contribution in [1.29, 1.82) is 0 Å². The minimum absolute atomic E-state index is 0.0108. The first kappa shape index (κ1) is 13.8. The molecule has 0 unspecified atom stereocenters. The molecule has 0 heterocycles. The molecule has 0 aliphatic carbocycles. The Labute approximate surface area is 119 Å². The summed E-state index contributed by atoms with van der Waals surface area (Å²) in [6.07, 6.45) is 0. The summed E-state index contributed by atoms with van der Waals surface area (Å²) in [6.45, 7) is 6.46. The van der Waals surface area contributed by atoms with Gasteiger partial charge in [-0.3, -0.25) is 0 Å². The smallest absolute Gasteiger partial charge is 0.146 e. The van der Waals surface area contributed by atoms with E-state index in [-0.39, 0.29) is 5.41 Å². The van der Waals surface area contributed by atoms with Crippen LogP contribution in [0.5, 0.6) is 11.5 Å². The van der Waals surface area contributed by atoms with Crippen molar-refractivity contribution in [3.8, 4) is 11.5 Å². The summed E-state index contributed by atoms with van der Waals surface area (Å²) in [4.78, 5) is 0. The van der Waals surface area contributed by atoms with Crippen LogP contribution in [-0.4, -0.2) is 0 Å². The Balaban J connectivity index is 2.39. The number of para-hydroxylation sites is 1. The van der Waals surface area contributed by atoms with E-state index in [1.54, 1.807) is 18.2 Å². The third kappa shape index (κ3) is 3.21. The lowest BCUT2D eigenvalue weighted by atomic mass is 9.86. The second kappa shape index (κ2) is 5.14. The monoisotopic (exact) mass is 275 g/mol. The first-order valence-corrected chi connectivity index (χ1v) is 6.58. The molecule has 0 fully saturated rings. The van der Waals surface area contributed by atoms with Crippen molar-refractivity contribution >= 4 is 17.3 Å². The van der Waals surface area contributed by atoms with E-state index >= 15 is 0 Å². The number of hydrogen-bond donors (Lipinski definition) is 1. The van der Waals surface area contributed by atoms with E-state index in [0.717, 1.165) is 11.3 Å². The number of ether oxygens (including phenoxy) is 1. The van der Waals surface area contributed by atoms with Gasteiger partial charge >= 0.3 is 0 Å². The quantitative estimate of drug-likeness (QED) is 0.782. The van der Waals surface area contributed by atoms with E-state index in [4.69, 9.17) is 22.1 Å². The molecular weight excluding hydrogens is 258 g/mol. The molecule has 100 valence electrons. The zero-order valence-electron chi connectivity index (χ0n) is 11.4. The van der Waals surface area contributed by atoms with E-state index < -0.39 is 0 Å². The van der Waals surface area contributed by atoms with E-state index in [9.17, 15) is 0 Å². The second-order valence-electron chi connectivity index (χ2n) is 5.54.